The lowest BCUT2D eigenvalue weighted by Gasteiger charge is -2.14. The van der Waals surface area contributed by atoms with Crippen LogP contribution in [0.5, 0.6) is 5.75 Å². The number of hydrogen-bond donors (Lipinski definition) is 1. The van der Waals surface area contributed by atoms with Gasteiger partial charge in [0.25, 0.3) is 0 Å². The Morgan fingerprint density at radius 3 is 2.81 bits per heavy atom. The lowest BCUT2D eigenvalue weighted by Crippen LogP contribution is -2.10. The van der Waals surface area contributed by atoms with Crippen LogP contribution in [0.3, 0.4) is 0 Å². The lowest BCUT2D eigenvalue weighted by molar-refractivity contribution is 0.0702. The molecule has 0 saturated heterocycles. The molecule has 2 heterocycles. The first-order valence-electron chi connectivity index (χ1n) is 6.49. The Morgan fingerprint density at radius 2 is 2.14 bits per heavy atom. The SMILES string of the molecule is CS(=O)(=O)C1CCCOc2cc3sc(C(=O)O)cc3cc21. The number of rotatable bonds is 2. The highest BCUT2D eigenvalue weighted by Crippen LogP contribution is 2.40. The highest BCUT2D eigenvalue weighted by molar-refractivity contribution is 7.90. The summed E-state index contributed by atoms with van der Waals surface area (Å²) in [5, 5.41) is 9.22. The van der Waals surface area contributed by atoms with Gasteiger partial charge < -0.3 is 9.84 Å². The van der Waals surface area contributed by atoms with E-state index in [1.807, 2.05) is 0 Å². The normalized spacial score (nSPS) is 18.8. The fraction of sp³-hybridized carbons (Fsp3) is 0.357. The first-order chi connectivity index (χ1) is 9.86. The quantitative estimate of drug-likeness (QED) is 0.918. The monoisotopic (exact) mass is 326 g/mol. The molecule has 1 aromatic carbocycles. The van der Waals surface area contributed by atoms with Gasteiger partial charge in [0.15, 0.2) is 9.84 Å². The summed E-state index contributed by atoms with van der Waals surface area (Å²) < 4.78 is 30.4. The number of aromatic carboxylic acids is 1. The van der Waals surface area contributed by atoms with Gasteiger partial charge in [-0.25, -0.2) is 13.2 Å². The lowest BCUT2D eigenvalue weighted by atomic mass is 10.1. The number of ether oxygens (including phenoxy) is 1. The molecule has 0 spiro atoms. The maximum absolute atomic E-state index is 12.0. The van der Waals surface area contributed by atoms with E-state index in [0.29, 0.717) is 30.8 Å². The van der Waals surface area contributed by atoms with Crippen LogP contribution in [0.15, 0.2) is 18.2 Å². The third kappa shape index (κ3) is 2.63. The van der Waals surface area contributed by atoms with Crippen molar-refractivity contribution >= 4 is 37.2 Å². The molecule has 0 fully saturated rings. The summed E-state index contributed by atoms with van der Waals surface area (Å²) in [6, 6.07) is 5.09. The minimum absolute atomic E-state index is 0.237. The topological polar surface area (TPSA) is 80.7 Å². The van der Waals surface area contributed by atoms with Crippen molar-refractivity contribution in [3.63, 3.8) is 0 Å². The van der Waals surface area contributed by atoms with Gasteiger partial charge in [-0.1, -0.05) is 0 Å². The zero-order valence-corrected chi connectivity index (χ0v) is 13.0. The second kappa shape index (κ2) is 4.99. The van der Waals surface area contributed by atoms with Gasteiger partial charge in [0.05, 0.1) is 11.9 Å². The second-order valence-corrected chi connectivity index (χ2v) is 8.46. The van der Waals surface area contributed by atoms with Gasteiger partial charge in [-0.05, 0) is 36.4 Å². The van der Waals surface area contributed by atoms with E-state index in [2.05, 4.69) is 0 Å². The van der Waals surface area contributed by atoms with Gasteiger partial charge in [-0.3, -0.25) is 0 Å². The Labute approximate surface area is 126 Å². The third-order valence-electron chi connectivity index (χ3n) is 3.59. The number of sulfone groups is 1. The predicted octanol–water partition coefficient (Wildman–Crippen LogP) is 2.86. The zero-order valence-electron chi connectivity index (χ0n) is 11.3. The smallest absolute Gasteiger partial charge is 0.345 e. The fourth-order valence-corrected chi connectivity index (χ4v) is 4.77. The van der Waals surface area contributed by atoms with Crippen molar-refractivity contribution in [3.05, 3.63) is 28.6 Å². The van der Waals surface area contributed by atoms with Gasteiger partial charge in [0, 0.05) is 16.5 Å². The number of carbonyl (C=O) groups is 1. The van der Waals surface area contributed by atoms with E-state index in [9.17, 15) is 13.2 Å². The number of carboxylic acids is 1. The molecule has 0 bridgehead atoms. The second-order valence-electron chi connectivity index (χ2n) is 5.15. The molecule has 1 atom stereocenters. The maximum atomic E-state index is 12.0. The molecule has 0 radical (unpaired) electrons. The summed E-state index contributed by atoms with van der Waals surface area (Å²) in [6.45, 7) is 0.474. The Hall–Kier alpha value is -1.60. The average molecular weight is 326 g/mol. The van der Waals surface area contributed by atoms with Crippen molar-refractivity contribution < 1.29 is 23.1 Å². The van der Waals surface area contributed by atoms with E-state index in [1.165, 1.54) is 6.26 Å². The summed E-state index contributed by atoms with van der Waals surface area (Å²) in [5.41, 5.74) is 0.636. The summed E-state index contributed by atoms with van der Waals surface area (Å²) in [5.74, 6) is -0.429. The van der Waals surface area contributed by atoms with Crippen molar-refractivity contribution in [2.75, 3.05) is 12.9 Å². The van der Waals surface area contributed by atoms with Crippen LogP contribution in [0.25, 0.3) is 10.1 Å². The molecule has 2 aromatic rings. The molecular formula is C14H14O5S2. The van der Waals surface area contributed by atoms with Crippen LogP contribution >= 0.6 is 11.3 Å². The van der Waals surface area contributed by atoms with E-state index in [0.717, 1.165) is 21.4 Å². The standard InChI is InChI=1S/C14H14O5S2/c1-21(17,18)13-3-2-4-19-10-7-11-8(5-9(10)13)6-12(20-11)14(15)16/h5-7,13H,2-4H2,1H3,(H,15,16). The van der Waals surface area contributed by atoms with Gasteiger partial charge >= 0.3 is 5.97 Å². The van der Waals surface area contributed by atoms with Crippen molar-refractivity contribution in [3.8, 4) is 5.75 Å². The van der Waals surface area contributed by atoms with Crippen LogP contribution < -0.4 is 4.74 Å². The molecule has 1 aliphatic heterocycles. The van der Waals surface area contributed by atoms with Gasteiger partial charge in [-0.2, -0.15) is 0 Å². The highest BCUT2D eigenvalue weighted by atomic mass is 32.2. The summed E-state index contributed by atoms with van der Waals surface area (Å²) in [4.78, 5) is 11.3. The molecule has 1 aromatic heterocycles. The van der Waals surface area contributed by atoms with Crippen LogP contribution in [0, 0.1) is 0 Å². The van der Waals surface area contributed by atoms with Gasteiger partial charge in [0.1, 0.15) is 10.6 Å². The Morgan fingerprint density at radius 1 is 1.38 bits per heavy atom. The number of thiophene rings is 1. The van der Waals surface area contributed by atoms with Crippen LogP contribution in [-0.2, 0) is 9.84 Å². The van der Waals surface area contributed by atoms with E-state index >= 15 is 0 Å². The van der Waals surface area contributed by atoms with E-state index in [-0.39, 0.29) is 4.88 Å². The van der Waals surface area contributed by atoms with Crippen molar-refractivity contribution in [2.45, 2.75) is 18.1 Å². The van der Waals surface area contributed by atoms with Crippen LogP contribution in [-0.4, -0.2) is 32.4 Å². The number of benzene rings is 1. The van der Waals surface area contributed by atoms with Crippen LogP contribution in [0.1, 0.15) is 33.3 Å². The first-order valence-corrected chi connectivity index (χ1v) is 9.26. The zero-order chi connectivity index (χ0) is 15.2. The molecule has 7 heteroatoms. The maximum Gasteiger partial charge on any atom is 0.345 e. The van der Waals surface area contributed by atoms with E-state index < -0.39 is 21.1 Å². The van der Waals surface area contributed by atoms with Crippen molar-refractivity contribution in [1.29, 1.82) is 0 Å². The Kier molecular flexibility index (Phi) is 3.41. The molecule has 3 rings (SSSR count). The fourth-order valence-electron chi connectivity index (χ4n) is 2.62. The highest BCUT2D eigenvalue weighted by Gasteiger charge is 2.29. The summed E-state index contributed by atoms with van der Waals surface area (Å²) >= 11 is 1.16. The molecule has 5 nitrogen and oxygen atoms in total. The van der Waals surface area contributed by atoms with Gasteiger partial charge in [-0.15, -0.1) is 11.3 Å². The number of hydrogen-bond acceptors (Lipinski definition) is 5. The molecule has 0 saturated carbocycles. The minimum Gasteiger partial charge on any atom is -0.493 e. The van der Waals surface area contributed by atoms with E-state index in [4.69, 9.17) is 9.84 Å². The average Bonchev–Trinajstić information content (AvgIpc) is 2.67. The molecule has 1 aliphatic rings. The van der Waals surface area contributed by atoms with Crippen molar-refractivity contribution in [2.24, 2.45) is 0 Å². The first kappa shape index (κ1) is 14.3. The van der Waals surface area contributed by atoms with E-state index in [1.54, 1.807) is 18.2 Å². The molecule has 0 amide bonds. The molecule has 112 valence electrons. The number of carboxylic acid groups (broad SMARTS) is 1. The largest absolute Gasteiger partial charge is 0.493 e. The Balaban J connectivity index is 2.22. The summed E-state index contributed by atoms with van der Waals surface area (Å²) in [6.07, 6.45) is 2.43. The molecule has 1 unspecified atom stereocenters. The minimum atomic E-state index is -3.23. The molecular weight excluding hydrogens is 312 g/mol. The molecule has 21 heavy (non-hydrogen) atoms. The van der Waals surface area contributed by atoms with Gasteiger partial charge in [0.2, 0.25) is 0 Å². The van der Waals surface area contributed by atoms with Crippen LogP contribution in [0.2, 0.25) is 0 Å². The van der Waals surface area contributed by atoms with Crippen LogP contribution in [0.4, 0.5) is 0 Å². The predicted molar refractivity (Wildman–Crippen MR) is 81.1 cm³/mol. The number of fused-ring (bicyclic) bond motifs is 2. The third-order valence-corrected chi connectivity index (χ3v) is 6.20. The van der Waals surface area contributed by atoms with Crippen molar-refractivity contribution in [1.82, 2.24) is 0 Å². The molecule has 0 aliphatic carbocycles. The Bertz CT molecular complexity index is 819. The summed E-state index contributed by atoms with van der Waals surface area (Å²) in [7, 11) is -3.23. The molecule has 1 N–H and O–H groups in total.